The van der Waals surface area contributed by atoms with E-state index < -0.39 is 59.1 Å². The number of primary amides is 1. The van der Waals surface area contributed by atoms with Crippen LogP contribution in [-0.4, -0.2) is 69.6 Å². The second-order valence-corrected chi connectivity index (χ2v) is 12.8. The fourth-order valence-electron chi connectivity index (χ4n) is 4.49. The van der Waals surface area contributed by atoms with Crippen LogP contribution >= 0.6 is 0 Å². The van der Waals surface area contributed by atoms with Crippen LogP contribution in [0.15, 0.2) is 67.3 Å². The average Bonchev–Trinajstić information content (AvgIpc) is 2.93. The molecule has 2 aromatic rings. The summed E-state index contributed by atoms with van der Waals surface area (Å²) in [5.41, 5.74) is 4.57. The molecule has 0 saturated heterocycles. The Balaban J connectivity index is 2.59. The molecule has 0 saturated carbocycles. The third-order valence-corrected chi connectivity index (χ3v) is 6.31. The van der Waals surface area contributed by atoms with Gasteiger partial charge in [-0.1, -0.05) is 48.5 Å². The zero-order valence-corrected chi connectivity index (χ0v) is 27.4. The van der Waals surface area contributed by atoms with Gasteiger partial charge < -0.3 is 35.8 Å². The minimum atomic E-state index is -1.42. The Bertz CT molecular complexity index is 1380. The number of alkyl carbamates (subject to hydrolysis) is 1. The first-order valence-electron chi connectivity index (χ1n) is 15.0. The molecule has 0 aliphatic heterocycles. The number of hydrogen-bond acceptors (Lipinski definition) is 8. The summed E-state index contributed by atoms with van der Waals surface area (Å²) in [4.78, 5) is 67.3. The highest BCUT2D eigenvalue weighted by Crippen LogP contribution is 2.27. The molecular formula is C34H46N4O8. The minimum Gasteiger partial charge on any atom is -0.508 e. The Labute approximate surface area is 270 Å². The number of nitrogens with zero attached hydrogens (tertiary/aromatic N) is 1. The molecule has 2 rings (SSSR count). The predicted molar refractivity (Wildman–Crippen MR) is 172 cm³/mol. The fraction of sp³-hybridized carbons (Fsp3) is 0.441. The van der Waals surface area contributed by atoms with E-state index in [1.165, 1.54) is 30.3 Å². The normalized spacial score (nSPS) is 13.3. The van der Waals surface area contributed by atoms with Crippen molar-refractivity contribution in [3.05, 3.63) is 78.4 Å². The van der Waals surface area contributed by atoms with Gasteiger partial charge in [0.1, 0.15) is 35.1 Å². The summed E-state index contributed by atoms with van der Waals surface area (Å²) in [6.45, 7) is 13.6. The Morgan fingerprint density at radius 1 is 0.913 bits per heavy atom. The van der Waals surface area contributed by atoms with E-state index in [1.54, 1.807) is 65.8 Å². The van der Waals surface area contributed by atoms with E-state index in [1.807, 2.05) is 6.07 Å². The fourth-order valence-corrected chi connectivity index (χ4v) is 4.49. The van der Waals surface area contributed by atoms with Gasteiger partial charge in [-0.2, -0.15) is 0 Å². The monoisotopic (exact) mass is 638 g/mol. The summed E-state index contributed by atoms with van der Waals surface area (Å²) in [6, 6.07) is 10.9. The van der Waals surface area contributed by atoms with Crippen LogP contribution in [-0.2, 0) is 35.1 Å². The largest absolute Gasteiger partial charge is 0.508 e. The zero-order chi connectivity index (χ0) is 34.7. The van der Waals surface area contributed by atoms with Crippen LogP contribution in [0.4, 0.5) is 4.79 Å². The molecular weight excluding hydrogens is 592 g/mol. The number of carbonyl (C=O) groups excluding carboxylic acids is 5. The van der Waals surface area contributed by atoms with Crippen LogP contribution < -0.4 is 16.4 Å². The van der Waals surface area contributed by atoms with Gasteiger partial charge >= 0.3 is 12.1 Å². The first-order chi connectivity index (χ1) is 21.4. The van der Waals surface area contributed by atoms with Crippen molar-refractivity contribution in [2.75, 3.05) is 6.54 Å². The van der Waals surface area contributed by atoms with Gasteiger partial charge in [-0.25, -0.2) is 9.59 Å². The number of benzene rings is 2. The molecule has 0 aromatic heterocycles. The Morgan fingerprint density at radius 2 is 1.54 bits per heavy atom. The van der Waals surface area contributed by atoms with Crippen molar-refractivity contribution in [1.29, 1.82) is 0 Å². The summed E-state index contributed by atoms with van der Waals surface area (Å²) in [7, 11) is 0. The van der Waals surface area contributed by atoms with Crippen LogP contribution in [0.3, 0.4) is 0 Å². The number of carbonyl (C=O) groups is 5. The smallest absolute Gasteiger partial charge is 0.408 e. The number of rotatable bonds is 14. The predicted octanol–water partition coefficient (Wildman–Crippen LogP) is 3.68. The molecule has 46 heavy (non-hydrogen) atoms. The highest BCUT2D eigenvalue weighted by Gasteiger charge is 2.38. The standard InChI is InChI=1S/C34H46N4O8/c1-8-19-38(30(42)25(17-18-27(35)40)37-32(44)46-34(5,6)7)28(23-15-12-16-24(39)21-23)29(41)36-26(31(43)45-33(2,3)4)20-22-13-10-9-11-14-22/h8-16,21,25-26,28,39H,1,17-20H2,2-7H3,(H2,35,40)(H,36,41)(H,37,44). The van der Waals surface area contributed by atoms with Crippen molar-refractivity contribution in [2.45, 2.75) is 90.1 Å². The maximum Gasteiger partial charge on any atom is 0.408 e. The van der Waals surface area contributed by atoms with Crippen molar-refractivity contribution in [2.24, 2.45) is 5.73 Å². The Kier molecular flexibility index (Phi) is 13.3. The second kappa shape index (κ2) is 16.4. The van der Waals surface area contributed by atoms with Crippen LogP contribution in [0, 0.1) is 0 Å². The summed E-state index contributed by atoms with van der Waals surface area (Å²) >= 11 is 0. The minimum absolute atomic E-state index is 0.0884. The van der Waals surface area contributed by atoms with E-state index >= 15 is 0 Å². The summed E-state index contributed by atoms with van der Waals surface area (Å²) < 4.78 is 10.9. The number of hydrogen-bond donors (Lipinski definition) is 4. The van der Waals surface area contributed by atoms with Crippen LogP contribution in [0.5, 0.6) is 5.75 Å². The first kappa shape index (κ1) is 37.3. The van der Waals surface area contributed by atoms with Crippen molar-refractivity contribution < 1.29 is 38.6 Å². The number of ether oxygens (including phenoxy) is 2. The lowest BCUT2D eigenvalue weighted by molar-refractivity contribution is -0.159. The van der Waals surface area contributed by atoms with Gasteiger partial charge in [0.05, 0.1) is 0 Å². The SMILES string of the molecule is C=CCN(C(=O)C(CCC(N)=O)NC(=O)OC(C)(C)C)C(C(=O)NC(Cc1ccccc1)C(=O)OC(C)(C)C)c1cccc(O)c1. The quantitative estimate of drug-likeness (QED) is 0.179. The second-order valence-electron chi connectivity index (χ2n) is 12.8. The van der Waals surface area contributed by atoms with E-state index in [0.29, 0.717) is 0 Å². The molecule has 4 amide bonds. The zero-order valence-electron chi connectivity index (χ0n) is 27.4. The molecule has 0 spiro atoms. The van der Waals surface area contributed by atoms with Crippen LogP contribution in [0.1, 0.15) is 71.6 Å². The molecule has 250 valence electrons. The van der Waals surface area contributed by atoms with Crippen molar-refractivity contribution in [1.82, 2.24) is 15.5 Å². The van der Waals surface area contributed by atoms with Crippen molar-refractivity contribution in [3.63, 3.8) is 0 Å². The number of phenols is 1. The highest BCUT2D eigenvalue weighted by atomic mass is 16.6. The lowest BCUT2D eigenvalue weighted by Crippen LogP contribution is -2.55. The van der Waals surface area contributed by atoms with E-state index in [4.69, 9.17) is 15.2 Å². The van der Waals surface area contributed by atoms with Gasteiger partial charge in [-0.3, -0.25) is 14.4 Å². The van der Waals surface area contributed by atoms with Crippen molar-refractivity contribution >= 4 is 29.8 Å². The molecule has 3 unspecified atom stereocenters. The molecule has 0 bridgehead atoms. The topological polar surface area (TPSA) is 177 Å². The van der Waals surface area contributed by atoms with Crippen LogP contribution in [0.25, 0.3) is 0 Å². The summed E-state index contributed by atoms with van der Waals surface area (Å²) in [5, 5.41) is 15.6. The summed E-state index contributed by atoms with van der Waals surface area (Å²) in [5.74, 6) is -3.09. The van der Waals surface area contributed by atoms with Gasteiger partial charge in [-0.05, 0) is 71.2 Å². The van der Waals surface area contributed by atoms with E-state index in [2.05, 4.69) is 17.2 Å². The third kappa shape index (κ3) is 12.6. The van der Waals surface area contributed by atoms with Gasteiger partial charge in [-0.15, -0.1) is 6.58 Å². The molecule has 0 aliphatic rings. The number of phenolic OH excluding ortho intramolecular Hbond substituents is 1. The van der Waals surface area contributed by atoms with Gasteiger partial charge in [0, 0.05) is 19.4 Å². The maximum atomic E-state index is 14.2. The highest BCUT2D eigenvalue weighted by molar-refractivity contribution is 5.94. The number of aromatic hydroxyl groups is 1. The van der Waals surface area contributed by atoms with Gasteiger partial charge in [0.25, 0.3) is 0 Å². The van der Waals surface area contributed by atoms with Gasteiger partial charge in [0.2, 0.25) is 17.7 Å². The average molecular weight is 639 g/mol. The number of amides is 4. The molecule has 0 heterocycles. The molecule has 2 aromatic carbocycles. The van der Waals surface area contributed by atoms with E-state index in [9.17, 15) is 29.1 Å². The van der Waals surface area contributed by atoms with E-state index in [-0.39, 0.29) is 37.1 Å². The molecule has 0 fully saturated rings. The number of nitrogens with one attached hydrogen (secondary N) is 2. The number of nitrogens with two attached hydrogens (primary N) is 1. The lowest BCUT2D eigenvalue weighted by atomic mass is 9.99. The maximum absolute atomic E-state index is 14.2. The summed E-state index contributed by atoms with van der Waals surface area (Å²) in [6.07, 6.45) is 0.110. The third-order valence-electron chi connectivity index (χ3n) is 6.31. The van der Waals surface area contributed by atoms with E-state index in [0.717, 1.165) is 10.5 Å². The van der Waals surface area contributed by atoms with Crippen LogP contribution in [0.2, 0.25) is 0 Å². The molecule has 0 aliphatic carbocycles. The number of esters is 1. The Morgan fingerprint density at radius 3 is 2.09 bits per heavy atom. The Hall–Kier alpha value is -4.87. The molecule has 3 atom stereocenters. The molecule has 5 N–H and O–H groups in total. The van der Waals surface area contributed by atoms with Crippen molar-refractivity contribution in [3.8, 4) is 5.75 Å². The molecule has 12 heteroatoms. The first-order valence-corrected chi connectivity index (χ1v) is 15.0. The molecule has 0 radical (unpaired) electrons. The van der Waals surface area contributed by atoms with Gasteiger partial charge in [0.15, 0.2) is 0 Å². The lowest BCUT2D eigenvalue weighted by Gasteiger charge is -2.34. The molecule has 12 nitrogen and oxygen atoms in total.